The normalized spacial score (nSPS) is 14.7. The zero-order valence-electron chi connectivity index (χ0n) is 16.1. The number of hydrogen-bond donors (Lipinski definition) is 0. The summed E-state index contributed by atoms with van der Waals surface area (Å²) in [5, 5.41) is 2.20. The van der Waals surface area contributed by atoms with Crippen molar-refractivity contribution >= 4 is 73.9 Å². The second kappa shape index (κ2) is 8.89. The molecule has 0 spiro atoms. The minimum absolute atomic E-state index is 0.278. The molecule has 0 fully saturated rings. The highest BCUT2D eigenvalue weighted by Crippen LogP contribution is 2.31. The Morgan fingerprint density at radius 3 is 2.50 bits per heavy atom. The standard InChI is InChI=1S/C24H17I2NO3/c1-14(2)13-29-22-19(25)9-15(10-20(22)26)11-21-24(28)30-23(27-21)18-8-7-16-5-3-4-6-17(16)12-18/h3-12H,1,13H2,2H3. The summed E-state index contributed by atoms with van der Waals surface area (Å²) in [6.45, 7) is 6.26. The molecule has 0 atom stereocenters. The zero-order valence-corrected chi connectivity index (χ0v) is 20.4. The SMILES string of the molecule is C=C(C)COc1c(I)cc(C=C2N=C(c3ccc4ccccc4c3)OC2=O)cc1I. The lowest BCUT2D eigenvalue weighted by Crippen LogP contribution is -2.05. The van der Waals surface area contributed by atoms with Crippen molar-refractivity contribution in [3.8, 4) is 5.75 Å². The van der Waals surface area contributed by atoms with Crippen molar-refractivity contribution in [1.29, 1.82) is 0 Å². The van der Waals surface area contributed by atoms with Gasteiger partial charge in [-0.05, 0) is 104 Å². The van der Waals surface area contributed by atoms with Crippen LogP contribution in [0.2, 0.25) is 0 Å². The molecule has 4 rings (SSSR count). The molecule has 0 radical (unpaired) electrons. The van der Waals surface area contributed by atoms with Gasteiger partial charge in [0.25, 0.3) is 0 Å². The topological polar surface area (TPSA) is 47.9 Å². The van der Waals surface area contributed by atoms with Crippen molar-refractivity contribution < 1.29 is 14.3 Å². The lowest BCUT2D eigenvalue weighted by atomic mass is 10.1. The van der Waals surface area contributed by atoms with Gasteiger partial charge in [-0.3, -0.25) is 0 Å². The smallest absolute Gasteiger partial charge is 0.363 e. The molecule has 0 bridgehead atoms. The number of carbonyl (C=O) groups is 1. The average molecular weight is 621 g/mol. The van der Waals surface area contributed by atoms with Crippen molar-refractivity contribution in [3.63, 3.8) is 0 Å². The number of rotatable bonds is 5. The Bertz CT molecular complexity index is 1220. The first-order valence-electron chi connectivity index (χ1n) is 9.18. The van der Waals surface area contributed by atoms with E-state index in [9.17, 15) is 4.79 Å². The van der Waals surface area contributed by atoms with Gasteiger partial charge in [-0.2, -0.15) is 0 Å². The van der Waals surface area contributed by atoms with E-state index in [0.717, 1.165) is 40.4 Å². The first kappa shape index (κ1) is 21.0. The summed E-state index contributed by atoms with van der Waals surface area (Å²) in [6.07, 6.45) is 1.74. The molecule has 0 saturated carbocycles. The first-order chi connectivity index (χ1) is 14.4. The van der Waals surface area contributed by atoms with Crippen molar-refractivity contribution in [2.45, 2.75) is 6.92 Å². The van der Waals surface area contributed by atoms with Gasteiger partial charge in [0.1, 0.15) is 12.4 Å². The third-order valence-electron chi connectivity index (χ3n) is 4.40. The number of benzene rings is 3. The predicted octanol–water partition coefficient (Wildman–Crippen LogP) is 6.35. The number of halogens is 2. The number of cyclic esters (lactones) is 1. The molecular formula is C24H17I2NO3. The van der Waals surface area contributed by atoms with Gasteiger partial charge in [-0.25, -0.2) is 9.79 Å². The number of ether oxygens (including phenoxy) is 2. The van der Waals surface area contributed by atoms with Crippen molar-refractivity contribution in [2.24, 2.45) is 4.99 Å². The Morgan fingerprint density at radius 1 is 1.10 bits per heavy atom. The van der Waals surface area contributed by atoms with Crippen LogP contribution in [0.5, 0.6) is 5.75 Å². The van der Waals surface area contributed by atoms with Crippen molar-refractivity contribution in [2.75, 3.05) is 6.61 Å². The first-order valence-corrected chi connectivity index (χ1v) is 11.3. The summed E-state index contributed by atoms with van der Waals surface area (Å²) in [5.74, 6) is 0.685. The Balaban J connectivity index is 1.64. The number of aliphatic imine (C=N–C) groups is 1. The average Bonchev–Trinajstić information content (AvgIpc) is 3.07. The second-order valence-electron chi connectivity index (χ2n) is 6.96. The molecule has 1 aliphatic rings. The molecule has 6 heteroatoms. The largest absolute Gasteiger partial charge is 0.487 e. The molecule has 0 amide bonds. The van der Waals surface area contributed by atoms with Gasteiger partial charge in [0.2, 0.25) is 5.90 Å². The van der Waals surface area contributed by atoms with E-state index >= 15 is 0 Å². The fraction of sp³-hybridized carbons (Fsp3) is 0.0833. The summed E-state index contributed by atoms with van der Waals surface area (Å²) < 4.78 is 13.2. The van der Waals surface area contributed by atoms with Crippen molar-refractivity contribution in [3.05, 3.63) is 90.7 Å². The van der Waals surface area contributed by atoms with E-state index in [1.165, 1.54) is 0 Å². The van der Waals surface area contributed by atoms with Gasteiger partial charge in [-0.1, -0.05) is 36.9 Å². The monoisotopic (exact) mass is 621 g/mol. The fourth-order valence-electron chi connectivity index (χ4n) is 3.01. The highest BCUT2D eigenvalue weighted by atomic mass is 127. The molecule has 3 aromatic rings. The lowest BCUT2D eigenvalue weighted by molar-refractivity contribution is -0.129. The quantitative estimate of drug-likeness (QED) is 0.145. The van der Waals surface area contributed by atoms with Gasteiger partial charge < -0.3 is 9.47 Å². The molecule has 0 unspecified atom stereocenters. The number of fused-ring (bicyclic) bond motifs is 1. The number of hydrogen-bond acceptors (Lipinski definition) is 4. The third kappa shape index (κ3) is 4.59. The molecular weight excluding hydrogens is 604 g/mol. The summed E-state index contributed by atoms with van der Waals surface area (Å²) in [4.78, 5) is 16.8. The second-order valence-corrected chi connectivity index (χ2v) is 9.28. The molecule has 150 valence electrons. The minimum Gasteiger partial charge on any atom is -0.487 e. The molecule has 3 aromatic carbocycles. The van der Waals surface area contributed by atoms with E-state index in [1.807, 2.05) is 61.5 Å². The maximum atomic E-state index is 12.4. The molecule has 1 heterocycles. The Morgan fingerprint density at radius 2 is 1.80 bits per heavy atom. The van der Waals surface area contributed by atoms with E-state index in [2.05, 4.69) is 56.8 Å². The van der Waals surface area contributed by atoms with Crippen LogP contribution in [-0.4, -0.2) is 18.5 Å². The summed E-state index contributed by atoms with van der Waals surface area (Å²) in [5.41, 5.74) is 2.87. The summed E-state index contributed by atoms with van der Waals surface area (Å²) >= 11 is 4.46. The maximum absolute atomic E-state index is 12.4. The molecule has 4 nitrogen and oxygen atoms in total. The number of carbonyl (C=O) groups excluding carboxylic acids is 1. The lowest BCUT2D eigenvalue weighted by Gasteiger charge is -2.11. The van der Waals surface area contributed by atoms with Crippen LogP contribution in [0.4, 0.5) is 0 Å². The van der Waals surface area contributed by atoms with E-state index in [1.54, 1.807) is 6.08 Å². The highest BCUT2D eigenvalue weighted by Gasteiger charge is 2.24. The van der Waals surface area contributed by atoms with E-state index < -0.39 is 5.97 Å². The molecule has 0 saturated heterocycles. The van der Waals surface area contributed by atoms with E-state index in [-0.39, 0.29) is 5.70 Å². The van der Waals surface area contributed by atoms with Gasteiger partial charge in [0.05, 0.1) is 7.14 Å². The highest BCUT2D eigenvalue weighted by molar-refractivity contribution is 14.1. The summed E-state index contributed by atoms with van der Waals surface area (Å²) in [6, 6.07) is 17.8. The molecule has 30 heavy (non-hydrogen) atoms. The molecule has 0 N–H and O–H groups in total. The predicted molar refractivity (Wildman–Crippen MR) is 137 cm³/mol. The van der Waals surface area contributed by atoms with Crippen LogP contribution >= 0.6 is 45.2 Å². The zero-order chi connectivity index (χ0) is 21.3. The fourth-order valence-corrected chi connectivity index (χ4v) is 5.14. The van der Waals surface area contributed by atoms with Crippen LogP contribution in [0.1, 0.15) is 18.1 Å². The minimum atomic E-state index is -0.453. The Labute approximate surface area is 202 Å². The van der Waals surface area contributed by atoms with Crippen molar-refractivity contribution in [1.82, 2.24) is 0 Å². The molecule has 1 aliphatic heterocycles. The van der Waals surface area contributed by atoms with Gasteiger partial charge in [0, 0.05) is 5.56 Å². The van der Waals surface area contributed by atoms with Crippen LogP contribution in [-0.2, 0) is 9.53 Å². The van der Waals surface area contributed by atoms with Gasteiger partial charge in [-0.15, -0.1) is 0 Å². The van der Waals surface area contributed by atoms with E-state index in [4.69, 9.17) is 9.47 Å². The van der Waals surface area contributed by atoms with Gasteiger partial charge >= 0.3 is 5.97 Å². The molecule has 0 aliphatic carbocycles. The number of nitrogens with zero attached hydrogens (tertiary/aromatic N) is 1. The van der Waals surface area contributed by atoms with Crippen LogP contribution in [0.25, 0.3) is 16.8 Å². The van der Waals surface area contributed by atoms with Crippen LogP contribution < -0.4 is 4.74 Å². The third-order valence-corrected chi connectivity index (χ3v) is 6.01. The molecule has 0 aromatic heterocycles. The number of esters is 1. The van der Waals surface area contributed by atoms with Crippen LogP contribution in [0.3, 0.4) is 0 Å². The maximum Gasteiger partial charge on any atom is 0.363 e. The van der Waals surface area contributed by atoms with Gasteiger partial charge in [0.15, 0.2) is 5.70 Å². The van der Waals surface area contributed by atoms with Crippen LogP contribution in [0, 0.1) is 7.14 Å². The Hall–Kier alpha value is -2.20. The Kier molecular flexibility index (Phi) is 6.24. The summed E-state index contributed by atoms with van der Waals surface area (Å²) in [7, 11) is 0. The van der Waals surface area contributed by atoms with Crippen LogP contribution in [0.15, 0.2) is 77.4 Å². The van der Waals surface area contributed by atoms with E-state index in [0.29, 0.717) is 12.5 Å².